The molecule has 8 nitrogen and oxygen atoms in total. The summed E-state index contributed by atoms with van der Waals surface area (Å²) in [7, 11) is 6.11. The standard InChI is InChI=1S/C30H31NO7/c1-18-7-6-8-20(15-18)27-26(28(32)22-11-10-21(35-2)17-24(22)37-4)29(33)30(34)31(27)14-13-19-9-12-23(36-3)25(16-19)38-5/h6-12,15-17,27,32H,13-14H2,1-5H3/b28-26-. The van der Waals surface area contributed by atoms with E-state index in [0.29, 0.717) is 35.0 Å². The molecule has 0 saturated carbocycles. The van der Waals surface area contributed by atoms with Gasteiger partial charge < -0.3 is 29.0 Å². The number of benzene rings is 3. The number of aliphatic hydroxyl groups excluding tert-OH is 1. The van der Waals surface area contributed by atoms with Gasteiger partial charge in [0, 0.05) is 12.6 Å². The molecule has 1 N–H and O–H groups in total. The number of ether oxygens (including phenoxy) is 4. The summed E-state index contributed by atoms with van der Waals surface area (Å²) in [5, 5.41) is 11.4. The molecule has 8 heteroatoms. The SMILES string of the molecule is COc1ccc(/C(O)=C2/C(=O)C(=O)N(CCc3ccc(OC)c(OC)c3)C2c2cccc(C)c2)c(OC)c1. The number of hydrogen-bond acceptors (Lipinski definition) is 7. The summed E-state index contributed by atoms with van der Waals surface area (Å²) in [5.74, 6) is 0.303. The number of ketones is 1. The van der Waals surface area contributed by atoms with Gasteiger partial charge in [-0.05, 0) is 48.7 Å². The lowest BCUT2D eigenvalue weighted by Crippen LogP contribution is -2.31. The molecule has 1 fully saturated rings. The second-order valence-electron chi connectivity index (χ2n) is 8.91. The molecule has 0 aromatic heterocycles. The van der Waals surface area contributed by atoms with Crippen LogP contribution in [-0.4, -0.2) is 56.7 Å². The van der Waals surface area contributed by atoms with E-state index in [2.05, 4.69) is 0 Å². The molecule has 1 unspecified atom stereocenters. The van der Waals surface area contributed by atoms with Crippen LogP contribution in [0.4, 0.5) is 0 Å². The van der Waals surface area contributed by atoms with Crippen LogP contribution in [0.15, 0.2) is 66.2 Å². The van der Waals surface area contributed by atoms with Crippen molar-refractivity contribution in [2.24, 2.45) is 0 Å². The van der Waals surface area contributed by atoms with Crippen LogP contribution in [0.2, 0.25) is 0 Å². The van der Waals surface area contributed by atoms with Gasteiger partial charge in [-0.25, -0.2) is 0 Å². The number of likely N-dealkylation sites (tertiary alicyclic amines) is 1. The maximum absolute atomic E-state index is 13.4. The Morgan fingerprint density at radius 2 is 1.58 bits per heavy atom. The van der Waals surface area contributed by atoms with Crippen LogP contribution in [0, 0.1) is 6.92 Å². The van der Waals surface area contributed by atoms with Crippen LogP contribution >= 0.6 is 0 Å². The number of rotatable bonds is 9. The summed E-state index contributed by atoms with van der Waals surface area (Å²) in [6.07, 6.45) is 0.460. The average molecular weight is 518 g/mol. The molecule has 0 spiro atoms. The van der Waals surface area contributed by atoms with Gasteiger partial charge in [0.1, 0.15) is 17.3 Å². The van der Waals surface area contributed by atoms with Crippen LogP contribution in [0.1, 0.15) is 28.3 Å². The van der Waals surface area contributed by atoms with E-state index >= 15 is 0 Å². The molecule has 1 heterocycles. The summed E-state index contributed by atoms with van der Waals surface area (Å²) in [4.78, 5) is 28.3. The van der Waals surface area contributed by atoms with E-state index in [4.69, 9.17) is 18.9 Å². The first kappa shape index (κ1) is 26.6. The van der Waals surface area contributed by atoms with Crippen molar-refractivity contribution < 1.29 is 33.6 Å². The topological polar surface area (TPSA) is 94.5 Å². The van der Waals surface area contributed by atoms with E-state index in [1.807, 2.05) is 43.3 Å². The second-order valence-corrected chi connectivity index (χ2v) is 8.91. The minimum atomic E-state index is -0.776. The largest absolute Gasteiger partial charge is 0.507 e. The Hall–Kier alpha value is -4.46. The fourth-order valence-corrected chi connectivity index (χ4v) is 4.72. The monoisotopic (exact) mass is 517 g/mol. The molecule has 1 amide bonds. The fourth-order valence-electron chi connectivity index (χ4n) is 4.72. The normalized spacial score (nSPS) is 16.4. The molecule has 0 aliphatic carbocycles. The quantitative estimate of drug-likeness (QED) is 0.250. The highest BCUT2D eigenvalue weighted by atomic mass is 16.5. The molecular formula is C30H31NO7. The smallest absolute Gasteiger partial charge is 0.295 e. The number of nitrogens with zero attached hydrogens (tertiary/aromatic N) is 1. The van der Waals surface area contributed by atoms with Gasteiger partial charge in [-0.3, -0.25) is 9.59 Å². The third kappa shape index (κ3) is 5.02. The van der Waals surface area contributed by atoms with E-state index in [0.717, 1.165) is 16.7 Å². The van der Waals surface area contributed by atoms with Crippen molar-refractivity contribution in [1.82, 2.24) is 4.90 Å². The van der Waals surface area contributed by atoms with Crippen LogP contribution in [0.5, 0.6) is 23.0 Å². The summed E-state index contributed by atoms with van der Waals surface area (Å²) in [6, 6.07) is 17.2. The highest BCUT2D eigenvalue weighted by Crippen LogP contribution is 2.42. The Morgan fingerprint density at radius 3 is 2.24 bits per heavy atom. The Labute approximate surface area is 222 Å². The summed E-state index contributed by atoms with van der Waals surface area (Å²) in [5.41, 5.74) is 2.91. The Kier molecular flexibility index (Phi) is 7.90. The Balaban J connectivity index is 1.79. The number of carbonyl (C=O) groups excluding carboxylic acids is 2. The van der Waals surface area contributed by atoms with E-state index in [-0.39, 0.29) is 17.9 Å². The lowest BCUT2D eigenvalue weighted by atomic mass is 9.94. The molecule has 0 radical (unpaired) electrons. The van der Waals surface area contributed by atoms with Crippen molar-refractivity contribution in [3.63, 3.8) is 0 Å². The second kappa shape index (κ2) is 11.3. The van der Waals surface area contributed by atoms with Crippen molar-refractivity contribution >= 4 is 17.4 Å². The third-order valence-corrected chi connectivity index (χ3v) is 6.65. The van der Waals surface area contributed by atoms with Crippen molar-refractivity contribution in [3.8, 4) is 23.0 Å². The van der Waals surface area contributed by atoms with Gasteiger partial charge >= 0.3 is 0 Å². The molecule has 198 valence electrons. The number of amides is 1. The van der Waals surface area contributed by atoms with Crippen LogP contribution < -0.4 is 18.9 Å². The zero-order valence-electron chi connectivity index (χ0n) is 22.1. The first-order valence-electron chi connectivity index (χ1n) is 12.1. The summed E-state index contributed by atoms with van der Waals surface area (Å²) >= 11 is 0. The molecule has 3 aromatic rings. The van der Waals surface area contributed by atoms with Gasteiger partial charge in [-0.2, -0.15) is 0 Å². The van der Waals surface area contributed by atoms with Crippen molar-refractivity contribution in [2.45, 2.75) is 19.4 Å². The molecule has 4 rings (SSSR count). The third-order valence-electron chi connectivity index (χ3n) is 6.65. The lowest BCUT2D eigenvalue weighted by molar-refractivity contribution is -0.139. The number of carbonyl (C=O) groups is 2. The molecule has 38 heavy (non-hydrogen) atoms. The maximum atomic E-state index is 13.4. The number of Topliss-reactive ketones (excluding diaryl/α,β-unsaturated/α-hetero) is 1. The molecule has 1 aliphatic rings. The number of methoxy groups -OCH3 is 4. The predicted molar refractivity (Wildman–Crippen MR) is 143 cm³/mol. The minimum absolute atomic E-state index is 0.0105. The Morgan fingerprint density at radius 1 is 0.842 bits per heavy atom. The van der Waals surface area contributed by atoms with E-state index in [9.17, 15) is 14.7 Å². The first-order valence-corrected chi connectivity index (χ1v) is 12.1. The Bertz CT molecular complexity index is 1400. The number of aliphatic hydroxyl groups is 1. The van der Waals surface area contributed by atoms with Crippen LogP contribution in [0.25, 0.3) is 5.76 Å². The zero-order chi connectivity index (χ0) is 27.4. The van der Waals surface area contributed by atoms with Gasteiger partial charge in [0.15, 0.2) is 11.5 Å². The van der Waals surface area contributed by atoms with Gasteiger partial charge in [-0.1, -0.05) is 35.9 Å². The van der Waals surface area contributed by atoms with E-state index in [1.54, 1.807) is 38.5 Å². The molecule has 1 aliphatic heterocycles. The highest BCUT2D eigenvalue weighted by Gasteiger charge is 2.46. The van der Waals surface area contributed by atoms with Crippen molar-refractivity contribution in [3.05, 3.63) is 88.5 Å². The number of hydrogen-bond donors (Lipinski definition) is 1. The molecule has 1 saturated heterocycles. The minimum Gasteiger partial charge on any atom is -0.507 e. The molecule has 1 atom stereocenters. The summed E-state index contributed by atoms with van der Waals surface area (Å²) < 4.78 is 21.4. The van der Waals surface area contributed by atoms with Gasteiger partial charge in [0.05, 0.1) is 45.6 Å². The van der Waals surface area contributed by atoms with Gasteiger partial charge in [-0.15, -0.1) is 0 Å². The van der Waals surface area contributed by atoms with Gasteiger partial charge in [0.25, 0.3) is 11.7 Å². The predicted octanol–water partition coefficient (Wildman–Crippen LogP) is 4.69. The highest BCUT2D eigenvalue weighted by molar-refractivity contribution is 6.46. The van der Waals surface area contributed by atoms with Crippen LogP contribution in [-0.2, 0) is 16.0 Å². The lowest BCUT2D eigenvalue weighted by Gasteiger charge is -2.26. The van der Waals surface area contributed by atoms with E-state index < -0.39 is 17.7 Å². The average Bonchev–Trinajstić information content (AvgIpc) is 3.20. The van der Waals surface area contributed by atoms with Crippen LogP contribution in [0.3, 0.4) is 0 Å². The maximum Gasteiger partial charge on any atom is 0.295 e. The zero-order valence-corrected chi connectivity index (χ0v) is 22.1. The first-order chi connectivity index (χ1) is 18.3. The molecular weight excluding hydrogens is 486 g/mol. The van der Waals surface area contributed by atoms with E-state index in [1.165, 1.54) is 19.1 Å². The molecule has 3 aromatic carbocycles. The fraction of sp³-hybridized carbons (Fsp3) is 0.267. The van der Waals surface area contributed by atoms with Crippen molar-refractivity contribution in [1.29, 1.82) is 0 Å². The van der Waals surface area contributed by atoms with Crippen molar-refractivity contribution in [2.75, 3.05) is 35.0 Å². The molecule has 0 bridgehead atoms. The van der Waals surface area contributed by atoms with Gasteiger partial charge in [0.2, 0.25) is 0 Å². The number of aryl methyl sites for hydroxylation is 1. The summed E-state index contributed by atoms with van der Waals surface area (Å²) in [6.45, 7) is 2.18.